The minimum Gasteiger partial charge on any atom is -0.383 e. The average Bonchev–Trinajstić information content (AvgIpc) is 2.65. The van der Waals surface area contributed by atoms with E-state index >= 15 is 0 Å². The van der Waals surface area contributed by atoms with E-state index < -0.39 is 0 Å². The second kappa shape index (κ2) is 8.60. The van der Waals surface area contributed by atoms with Crippen LogP contribution in [0.15, 0.2) is 42.5 Å². The Morgan fingerprint density at radius 2 is 1.81 bits per heavy atom. The summed E-state index contributed by atoms with van der Waals surface area (Å²) in [5.41, 5.74) is 1.31. The van der Waals surface area contributed by atoms with Gasteiger partial charge in [0.1, 0.15) is 5.82 Å². The van der Waals surface area contributed by atoms with Crippen molar-refractivity contribution in [1.29, 1.82) is 0 Å². The van der Waals surface area contributed by atoms with E-state index in [4.69, 9.17) is 23.2 Å². The fraction of sp³-hybridized carbons (Fsp3) is 0.316. The minimum absolute atomic E-state index is 0.0730. The number of nitrogens with zero attached hydrogens (tertiary/aromatic N) is 2. The van der Waals surface area contributed by atoms with Gasteiger partial charge >= 0.3 is 0 Å². The summed E-state index contributed by atoms with van der Waals surface area (Å²) in [5, 5.41) is 4.30. The Morgan fingerprint density at radius 1 is 1.08 bits per heavy atom. The Kier molecular flexibility index (Phi) is 6.22. The fourth-order valence-corrected chi connectivity index (χ4v) is 3.36. The normalized spacial score (nSPS) is 14.4. The largest absolute Gasteiger partial charge is 0.383 e. The van der Waals surface area contributed by atoms with E-state index in [2.05, 4.69) is 5.32 Å². The highest BCUT2D eigenvalue weighted by Crippen LogP contribution is 2.25. The van der Waals surface area contributed by atoms with Gasteiger partial charge in [0.05, 0.1) is 16.4 Å². The Bertz CT molecular complexity index is 779. The number of anilines is 2. The minimum atomic E-state index is -0.227. The Hall–Kier alpha value is -1.98. The number of carbonyl (C=O) groups excluding carboxylic acids is 1. The number of carbonyl (C=O) groups is 1. The van der Waals surface area contributed by atoms with Gasteiger partial charge in [-0.05, 0) is 30.3 Å². The summed E-state index contributed by atoms with van der Waals surface area (Å²) in [6, 6.07) is 11.9. The van der Waals surface area contributed by atoms with Crippen molar-refractivity contribution in [2.24, 2.45) is 0 Å². The number of halogens is 3. The number of para-hydroxylation sites is 1. The zero-order valence-electron chi connectivity index (χ0n) is 14.2. The molecule has 1 aliphatic rings. The van der Waals surface area contributed by atoms with Crippen molar-refractivity contribution in [3.63, 3.8) is 0 Å². The molecule has 26 heavy (non-hydrogen) atoms. The molecule has 1 amide bonds. The van der Waals surface area contributed by atoms with Crippen LogP contribution in [0, 0.1) is 5.82 Å². The first-order valence-electron chi connectivity index (χ1n) is 8.51. The standard InChI is InChI=1S/C19H20Cl2FN3O/c20-14-5-6-15(21)17(13-14)23-8-7-19(26)25-11-9-24(10-12-25)18-4-2-1-3-16(18)22/h1-6,13,23H,7-12H2. The first-order valence-corrected chi connectivity index (χ1v) is 9.26. The van der Waals surface area contributed by atoms with Crippen LogP contribution < -0.4 is 10.2 Å². The number of rotatable bonds is 5. The van der Waals surface area contributed by atoms with E-state index in [0.29, 0.717) is 54.9 Å². The summed E-state index contributed by atoms with van der Waals surface area (Å²) in [4.78, 5) is 16.2. The lowest BCUT2D eigenvalue weighted by molar-refractivity contribution is -0.131. The van der Waals surface area contributed by atoms with Crippen LogP contribution in [0.1, 0.15) is 6.42 Å². The molecular formula is C19H20Cl2FN3O. The molecule has 1 heterocycles. The van der Waals surface area contributed by atoms with Crippen molar-refractivity contribution in [3.8, 4) is 0 Å². The van der Waals surface area contributed by atoms with E-state index in [1.165, 1.54) is 6.07 Å². The van der Waals surface area contributed by atoms with Gasteiger partial charge in [-0.25, -0.2) is 4.39 Å². The van der Waals surface area contributed by atoms with Crippen LogP contribution in [0.3, 0.4) is 0 Å². The quantitative estimate of drug-likeness (QED) is 0.820. The van der Waals surface area contributed by atoms with Crippen molar-refractivity contribution < 1.29 is 9.18 Å². The summed E-state index contributed by atoms with van der Waals surface area (Å²) in [5.74, 6) is -0.154. The van der Waals surface area contributed by atoms with E-state index in [-0.39, 0.29) is 11.7 Å². The number of piperazine rings is 1. The Balaban J connectivity index is 1.47. The molecule has 2 aromatic rings. The third-order valence-electron chi connectivity index (χ3n) is 4.41. The van der Waals surface area contributed by atoms with Crippen LogP contribution in [0.25, 0.3) is 0 Å². The molecule has 138 valence electrons. The molecule has 0 spiro atoms. The first kappa shape index (κ1) is 18.8. The van der Waals surface area contributed by atoms with E-state index in [0.717, 1.165) is 5.69 Å². The monoisotopic (exact) mass is 395 g/mol. The third kappa shape index (κ3) is 4.59. The van der Waals surface area contributed by atoms with Gasteiger partial charge in [0.15, 0.2) is 0 Å². The molecule has 4 nitrogen and oxygen atoms in total. The van der Waals surface area contributed by atoms with Gasteiger partial charge in [-0.2, -0.15) is 0 Å². The van der Waals surface area contributed by atoms with Gasteiger partial charge < -0.3 is 15.1 Å². The summed E-state index contributed by atoms with van der Waals surface area (Å²) in [7, 11) is 0. The highest BCUT2D eigenvalue weighted by Gasteiger charge is 2.22. The van der Waals surface area contributed by atoms with Crippen LogP contribution in [0.4, 0.5) is 15.8 Å². The molecule has 0 unspecified atom stereocenters. The lowest BCUT2D eigenvalue weighted by Gasteiger charge is -2.36. The molecule has 0 radical (unpaired) electrons. The summed E-state index contributed by atoms with van der Waals surface area (Å²) >= 11 is 12.0. The zero-order valence-corrected chi connectivity index (χ0v) is 15.7. The molecule has 1 saturated heterocycles. The molecular weight excluding hydrogens is 376 g/mol. The lowest BCUT2D eigenvalue weighted by Crippen LogP contribution is -2.49. The van der Waals surface area contributed by atoms with Gasteiger partial charge in [-0.1, -0.05) is 35.3 Å². The zero-order chi connectivity index (χ0) is 18.5. The van der Waals surface area contributed by atoms with Crippen LogP contribution in [0.2, 0.25) is 10.0 Å². The highest BCUT2D eigenvalue weighted by atomic mass is 35.5. The van der Waals surface area contributed by atoms with E-state index in [1.54, 1.807) is 30.3 Å². The van der Waals surface area contributed by atoms with Gasteiger partial charge in [0.25, 0.3) is 0 Å². The predicted octanol–water partition coefficient (Wildman–Crippen LogP) is 4.28. The summed E-state index contributed by atoms with van der Waals surface area (Å²) in [6.45, 7) is 2.91. The number of nitrogens with one attached hydrogen (secondary N) is 1. The van der Waals surface area contributed by atoms with Crippen molar-refractivity contribution in [1.82, 2.24) is 4.90 Å². The van der Waals surface area contributed by atoms with Gasteiger partial charge in [-0.3, -0.25) is 4.79 Å². The molecule has 2 aromatic carbocycles. The molecule has 0 atom stereocenters. The lowest BCUT2D eigenvalue weighted by atomic mass is 10.2. The first-order chi connectivity index (χ1) is 12.5. The maximum absolute atomic E-state index is 13.9. The van der Waals surface area contributed by atoms with E-state index in [9.17, 15) is 9.18 Å². The van der Waals surface area contributed by atoms with Crippen LogP contribution in [-0.2, 0) is 4.79 Å². The SMILES string of the molecule is O=C(CCNc1cc(Cl)ccc1Cl)N1CCN(c2ccccc2F)CC1. The summed E-state index contributed by atoms with van der Waals surface area (Å²) < 4.78 is 13.9. The fourth-order valence-electron chi connectivity index (χ4n) is 3.00. The van der Waals surface area contributed by atoms with Crippen LogP contribution in [0.5, 0.6) is 0 Å². The second-order valence-electron chi connectivity index (χ2n) is 6.12. The molecule has 1 fully saturated rings. The van der Waals surface area contributed by atoms with Crippen molar-refractivity contribution in [2.45, 2.75) is 6.42 Å². The Morgan fingerprint density at radius 3 is 2.54 bits per heavy atom. The molecule has 0 saturated carbocycles. The average molecular weight is 396 g/mol. The number of hydrogen-bond acceptors (Lipinski definition) is 3. The predicted molar refractivity (Wildman–Crippen MR) is 105 cm³/mol. The maximum Gasteiger partial charge on any atom is 0.224 e. The Labute approximate surface area is 162 Å². The van der Waals surface area contributed by atoms with Gasteiger partial charge in [0.2, 0.25) is 5.91 Å². The molecule has 0 aromatic heterocycles. The summed E-state index contributed by atoms with van der Waals surface area (Å²) in [6.07, 6.45) is 0.364. The molecule has 1 aliphatic heterocycles. The van der Waals surface area contributed by atoms with Crippen molar-refractivity contribution in [2.75, 3.05) is 42.9 Å². The molecule has 0 aliphatic carbocycles. The number of benzene rings is 2. The topological polar surface area (TPSA) is 35.6 Å². The van der Waals surface area contributed by atoms with Crippen molar-refractivity contribution in [3.05, 3.63) is 58.3 Å². The van der Waals surface area contributed by atoms with Crippen molar-refractivity contribution >= 4 is 40.5 Å². The van der Waals surface area contributed by atoms with E-state index in [1.807, 2.05) is 15.9 Å². The molecule has 0 bridgehead atoms. The van der Waals surface area contributed by atoms with Crippen LogP contribution in [-0.4, -0.2) is 43.5 Å². The number of hydrogen-bond donors (Lipinski definition) is 1. The molecule has 1 N–H and O–H groups in total. The van der Waals surface area contributed by atoms with Gasteiger partial charge in [-0.15, -0.1) is 0 Å². The second-order valence-corrected chi connectivity index (χ2v) is 6.96. The van der Waals surface area contributed by atoms with Gasteiger partial charge in [0, 0.05) is 44.2 Å². The number of amides is 1. The van der Waals surface area contributed by atoms with Crippen LogP contribution >= 0.6 is 23.2 Å². The molecule has 3 rings (SSSR count). The maximum atomic E-state index is 13.9. The third-order valence-corrected chi connectivity index (χ3v) is 4.97. The molecule has 7 heteroatoms. The highest BCUT2D eigenvalue weighted by molar-refractivity contribution is 6.35. The smallest absolute Gasteiger partial charge is 0.224 e.